The third kappa shape index (κ3) is 6.18. The molecule has 1 unspecified atom stereocenters. The highest BCUT2D eigenvalue weighted by molar-refractivity contribution is 7.09. The molecular weight excluding hydrogens is 395 g/mol. The molecule has 0 fully saturated rings. The highest BCUT2D eigenvalue weighted by atomic mass is 32.1. The fourth-order valence-electron chi connectivity index (χ4n) is 2.68. The van der Waals surface area contributed by atoms with Crippen molar-refractivity contribution in [3.8, 4) is 0 Å². The number of aliphatic imine (C=N–C) groups is 1. The average molecular weight is 420 g/mol. The van der Waals surface area contributed by atoms with Gasteiger partial charge in [0.05, 0.1) is 12.6 Å². The van der Waals surface area contributed by atoms with Crippen molar-refractivity contribution in [1.29, 1.82) is 0 Å². The first-order chi connectivity index (χ1) is 12.9. The van der Waals surface area contributed by atoms with Crippen molar-refractivity contribution in [3.05, 3.63) is 38.5 Å². The molecule has 0 spiro atoms. The fraction of sp³-hybridized carbons (Fsp3) is 0.529. The Morgan fingerprint density at radius 1 is 1.26 bits per heavy atom. The maximum Gasteiger partial charge on any atom is 0.434 e. The van der Waals surface area contributed by atoms with Crippen molar-refractivity contribution < 1.29 is 13.2 Å². The van der Waals surface area contributed by atoms with E-state index in [4.69, 9.17) is 0 Å². The third-order valence-electron chi connectivity index (χ3n) is 4.12. The molecule has 2 aromatic rings. The monoisotopic (exact) mass is 419 g/mol. The predicted molar refractivity (Wildman–Crippen MR) is 105 cm³/mol. The van der Waals surface area contributed by atoms with E-state index in [0.717, 1.165) is 29.8 Å². The molecule has 0 saturated heterocycles. The summed E-state index contributed by atoms with van der Waals surface area (Å²) in [6.45, 7) is 6.92. The van der Waals surface area contributed by atoms with E-state index in [9.17, 15) is 13.2 Å². The van der Waals surface area contributed by atoms with Gasteiger partial charge in [-0.05, 0) is 35.5 Å². The van der Waals surface area contributed by atoms with E-state index in [-0.39, 0.29) is 12.6 Å². The van der Waals surface area contributed by atoms with E-state index >= 15 is 0 Å². The van der Waals surface area contributed by atoms with Crippen LogP contribution in [0.3, 0.4) is 0 Å². The standard InChI is InChI=1S/C17H24F3N5S2/c1-4-25(5-2)13(12-6-7-26-10-12)8-22-16(21-3)23-9-15-24-14(11-27-15)17(18,19)20/h6-7,10-11,13H,4-5,8-9H2,1-3H3,(H2,21,22,23). The molecule has 0 saturated carbocycles. The SMILES string of the molecule is CCN(CC)C(CNC(=NC)NCc1nc(C(F)(F)F)cs1)c1ccsc1. The molecule has 0 aliphatic carbocycles. The number of hydrogen-bond acceptors (Lipinski definition) is 5. The Morgan fingerprint density at radius 3 is 2.52 bits per heavy atom. The number of nitrogens with one attached hydrogen (secondary N) is 2. The molecule has 0 amide bonds. The maximum atomic E-state index is 12.6. The minimum Gasteiger partial charge on any atom is -0.354 e. The molecule has 5 nitrogen and oxygen atoms in total. The van der Waals surface area contributed by atoms with Crippen molar-refractivity contribution >= 4 is 28.6 Å². The quantitative estimate of drug-likeness (QED) is 0.502. The molecule has 1 atom stereocenters. The maximum absolute atomic E-state index is 12.6. The molecule has 150 valence electrons. The van der Waals surface area contributed by atoms with E-state index in [1.54, 1.807) is 18.4 Å². The molecule has 2 heterocycles. The Morgan fingerprint density at radius 2 is 2.00 bits per heavy atom. The minimum absolute atomic E-state index is 0.189. The minimum atomic E-state index is -4.41. The highest BCUT2D eigenvalue weighted by Gasteiger charge is 2.33. The summed E-state index contributed by atoms with van der Waals surface area (Å²) in [4.78, 5) is 10.1. The van der Waals surface area contributed by atoms with Gasteiger partial charge in [-0.2, -0.15) is 24.5 Å². The largest absolute Gasteiger partial charge is 0.434 e. The number of halogens is 3. The molecule has 0 aliphatic rings. The van der Waals surface area contributed by atoms with Crippen LogP contribution in [0.15, 0.2) is 27.2 Å². The van der Waals surface area contributed by atoms with Gasteiger partial charge in [0.25, 0.3) is 0 Å². The Kier molecular flexibility index (Phi) is 8.06. The van der Waals surface area contributed by atoms with Gasteiger partial charge in [-0.3, -0.25) is 9.89 Å². The van der Waals surface area contributed by atoms with Crippen molar-refractivity contribution in [3.63, 3.8) is 0 Å². The van der Waals surface area contributed by atoms with Gasteiger partial charge in [-0.1, -0.05) is 13.8 Å². The lowest BCUT2D eigenvalue weighted by Gasteiger charge is -2.30. The van der Waals surface area contributed by atoms with Crippen molar-refractivity contribution in [2.24, 2.45) is 4.99 Å². The number of guanidine groups is 1. The van der Waals surface area contributed by atoms with Gasteiger partial charge in [-0.25, -0.2) is 4.98 Å². The summed E-state index contributed by atoms with van der Waals surface area (Å²) in [7, 11) is 1.63. The molecule has 0 aliphatic heterocycles. The predicted octanol–water partition coefficient (Wildman–Crippen LogP) is 3.97. The summed E-state index contributed by atoms with van der Waals surface area (Å²) in [6.07, 6.45) is -4.41. The second kappa shape index (κ2) is 10.0. The van der Waals surface area contributed by atoms with Crippen LogP contribution >= 0.6 is 22.7 Å². The average Bonchev–Trinajstić information content (AvgIpc) is 3.32. The lowest BCUT2D eigenvalue weighted by molar-refractivity contribution is -0.140. The number of likely N-dealkylation sites (N-methyl/N-ethyl adjacent to an activating group) is 1. The molecule has 0 radical (unpaired) electrons. The number of alkyl halides is 3. The summed E-state index contributed by atoms with van der Waals surface area (Å²) >= 11 is 2.64. The number of thiazole rings is 1. The zero-order valence-electron chi connectivity index (χ0n) is 15.5. The normalized spacial score (nSPS) is 13.8. The van der Waals surface area contributed by atoms with E-state index in [2.05, 4.69) is 56.2 Å². The van der Waals surface area contributed by atoms with Crippen molar-refractivity contribution in [1.82, 2.24) is 20.5 Å². The lowest BCUT2D eigenvalue weighted by atomic mass is 10.1. The van der Waals surface area contributed by atoms with E-state index in [1.807, 2.05) is 0 Å². The molecule has 10 heteroatoms. The Bertz CT molecular complexity index is 708. The molecule has 2 rings (SSSR count). The number of rotatable bonds is 8. The van der Waals surface area contributed by atoms with E-state index in [0.29, 0.717) is 17.5 Å². The van der Waals surface area contributed by atoms with Crippen molar-refractivity contribution in [2.75, 3.05) is 26.7 Å². The van der Waals surface area contributed by atoms with Crippen LogP contribution in [0.1, 0.15) is 36.2 Å². The zero-order valence-corrected chi connectivity index (χ0v) is 17.1. The first kappa shape index (κ1) is 21.6. The van der Waals surface area contributed by atoms with Crippen molar-refractivity contribution in [2.45, 2.75) is 32.6 Å². The van der Waals surface area contributed by atoms with Gasteiger partial charge in [0, 0.05) is 19.0 Å². The van der Waals surface area contributed by atoms with Crippen LogP contribution in [-0.4, -0.2) is 42.5 Å². The van der Waals surface area contributed by atoms with E-state index in [1.165, 1.54) is 5.56 Å². The molecule has 0 bridgehead atoms. The Hall–Kier alpha value is -1.65. The molecule has 2 aromatic heterocycles. The molecular formula is C17H24F3N5S2. The smallest absolute Gasteiger partial charge is 0.354 e. The fourth-order valence-corrected chi connectivity index (χ4v) is 4.13. The summed E-state index contributed by atoms with van der Waals surface area (Å²) < 4.78 is 37.9. The molecule has 27 heavy (non-hydrogen) atoms. The van der Waals surface area contributed by atoms with Crippen LogP contribution in [0.5, 0.6) is 0 Å². The molecule has 2 N–H and O–H groups in total. The number of nitrogens with zero attached hydrogens (tertiary/aromatic N) is 3. The highest BCUT2D eigenvalue weighted by Crippen LogP contribution is 2.29. The zero-order chi connectivity index (χ0) is 19.9. The Labute approximate surface area is 165 Å². The van der Waals surface area contributed by atoms with Gasteiger partial charge in [-0.15, -0.1) is 11.3 Å². The first-order valence-electron chi connectivity index (χ1n) is 8.61. The summed E-state index contributed by atoms with van der Waals surface area (Å²) in [5.41, 5.74) is 0.382. The Balaban J connectivity index is 1.94. The number of thiophene rings is 1. The van der Waals surface area contributed by atoms with Gasteiger partial charge >= 0.3 is 6.18 Å². The van der Waals surface area contributed by atoms with Crippen LogP contribution in [0.4, 0.5) is 13.2 Å². The first-order valence-corrected chi connectivity index (χ1v) is 10.4. The van der Waals surface area contributed by atoms with Gasteiger partial charge in [0.15, 0.2) is 11.7 Å². The van der Waals surface area contributed by atoms with Gasteiger partial charge < -0.3 is 10.6 Å². The lowest BCUT2D eigenvalue weighted by Crippen LogP contribution is -2.42. The number of hydrogen-bond donors (Lipinski definition) is 2. The van der Waals surface area contributed by atoms with Gasteiger partial charge in [0.2, 0.25) is 0 Å². The summed E-state index contributed by atoms with van der Waals surface area (Å²) in [5.74, 6) is 0.533. The summed E-state index contributed by atoms with van der Waals surface area (Å²) in [6, 6.07) is 2.31. The summed E-state index contributed by atoms with van der Waals surface area (Å²) in [5, 5.41) is 11.9. The second-order valence-electron chi connectivity index (χ2n) is 5.72. The van der Waals surface area contributed by atoms with Crippen LogP contribution in [-0.2, 0) is 12.7 Å². The topological polar surface area (TPSA) is 52.5 Å². The third-order valence-corrected chi connectivity index (χ3v) is 5.67. The van der Waals surface area contributed by atoms with Crippen LogP contribution < -0.4 is 10.6 Å². The second-order valence-corrected chi connectivity index (χ2v) is 7.45. The van der Waals surface area contributed by atoms with Crippen LogP contribution in [0.2, 0.25) is 0 Å². The van der Waals surface area contributed by atoms with Gasteiger partial charge in [0.1, 0.15) is 5.01 Å². The van der Waals surface area contributed by atoms with Crippen LogP contribution in [0, 0.1) is 0 Å². The number of aromatic nitrogens is 1. The molecule has 0 aromatic carbocycles. The van der Waals surface area contributed by atoms with Crippen LogP contribution in [0.25, 0.3) is 0 Å². The van der Waals surface area contributed by atoms with E-state index < -0.39 is 11.9 Å².